The molecule has 0 saturated carbocycles. The number of hydrogen-bond acceptors (Lipinski definition) is 4. The molecule has 0 bridgehead atoms. The summed E-state index contributed by atoms with van der Waals surface area (Å²) >= 11 is 0. The standard InChI is InChI=1S/C21H36O4/c1-2-3-4-5-6-7-8-9-10-11-12-13-14-15-16-17-21(24)25-19-20(23)18-22/h5-10,20,22-23H,2-4,11-19H2,1H3/b6-5+,8-7-,10-9+. The van der Waals surface area contributed by atoms with Crippen molar-refractivity contribution in [3.05, 3.63) is 36.5 Å². The van der Waals surface area contributed by atoms with Crippen LogP contribution in [-0.2, 0) is 9.53 Å². The van der Waals surface area contributed by atoms with Crippen molar-refractivity contribution in [1.82, 2.24) is 0 Å². The molecule has 0 aromatic rings. The molecule has 4 heteroatoms. The number of aliphatic hydroxyl groups is 2. The molecule has 0 radical (unpaired) electrons. The van der Waals surface area contributed by atoms with Gasteiger partial charge < -0.3 is 14.9 Å². The van der Waals surface area contributed by atoms with Crippen molar-refractivity contribution < 1.29 is 19.7 Å². The number of allylic oxidation sites excluding steroid dienone is 6. The maximum Gasteiger partial charge on any atom is 0.305 e. The van der Waals surface area contributed by atoms with E-state index in [1.54, 1.807) is 0 Å². The Morgan fingerprint density at radius 3 is 2.16 bits per heavy atom. The smallest absolute Gasteiger partial charge is 0.305 e. The summed E-state index contributed by atoms with van der Waals surface area (Å²) in [6, 6.07) is 0. The van der Waals surface area contributed by atoms with Crippen LogP contribution < -0.4 is 0 Å². The second kappa shape index (κ2) is 18.9. The van der Waals surface area contributed by atoms with E-state index in [-0.39, 0.29) is 19.2 Å². The molecule has 2 N–H and O–H groups in total. The van der Waals surface area contributed by atoms with Crippen molar-refractivity contribution in [3.8, 4) is 0 Å². The van der Waals surface area contributed by atoms with Crippen LogP contribution >= 0.6 is 0 Å². The number of carbonyl (C=O) groups excluding carboxylic acids is 1. The Morgan fingerprint density at radius 1 is 0.920 bits per heavy atom. The van der Waals surface area contributed by atoms with Crippen molar-refractivity contribution in [1.29, 1.82) is 0 Å². The van der Waals surface area contributed by atoms with E-state index in [1.165, 1.54) is 25.7 Å². The first-order valence-corrected chi connectivity index (χ1v) is 9.63. The number of hydrogen-bond donors (Lipinski definition) is 2. The molecule has 0 rings (SSSR count). The van der Waals surface area contributed by atoms with Crippen LogP contribution in [0.1, 0.15) is 71.1 Å². The summed E-state index contributed by atoms with van der Waals surface area (Å²) in [6.07, 6.45) is 22.2. The number of aliphatic hydroxyl groups excluding tert-OH is 2. The lowest BCUT2D eigenvalue weighted by Crippen LogP contribution is -2.21. The third-order valence-corrected chi connectivity index (χ3v) is 3.73. The van der Waals surface area contributed by atoms with Gasteiger partial charge in [-0.05, 0) is 25.7 Å². The Kier molecular flexibility index (Phi) is 17.9. The molecule has 144 valence electrons. The molecule has 0 saturated heterocycles. The lowest BCUT2D eigenvalue weighted by Gasteiger charge is -2.08. The molecule has 0 aromatic carbocycles. The molecule has 0 amide bonds. The summed E-state index contributed by atoms with van der Waals surface area (Å²) < 4.78 is 4.84. The van der Waals surface area contributed by atoms with Crippen molar-refractivity contribution in [3.63, 3.8) is 0 Å². The molecule has 1 unspecified atom stereocenters. The maximum absolute atomic E-state index is 11.4. The van der Waals surface area contributed by atoms with E-state index in [1.807, 2.05) is 0 Å². The highest BCUT2D eigenvalue weighted by atomic mass is 16.5. The molecule has 1 atom stereocenters. The second-order valence-electron chi connectivity index (χ2n) is 6.21. The zero-order valence-electron chi connectivity index (χ0n) is 15.7. The average molecular weight is 353 g/mol. The number of rotatable bonds is 16. The van der Waals surface area contributed by atoms with Gasteiger partial charge in [-0.1, -0.05) is 75.5 Å². The monoisotopic (exact) mass is 352 g/mol. The van der Waals surface area contributed by atoms with Crippen molar-refractivity contribution >= 4 is 5.97 Å². The number of carbonyl (C=O) groups is 1. The van der Waals surface area contributed by atoms with Gasteiger partial charge in [0.05, 0.1) is 6.61 Å². The molecule has 25 heavy (non-hydrogen) atoms. The molecule has 0 aliphatic carbocycles. The third kappa shape index (κ3) is 18.8. The Balaban J connectivity index is 3.38. The Morgan fingerprint density at radius 2 is 1.52 bits per heavy atom. The fraction of sp³-hybridized carbons (Fsp3) is 0.667. The number of esters is 1. The molecular weight excluding hydrogens is 316 g/mol. The predicted molar refractivity (Wildman–Crippen MR) is 103 cm³/mol. The van der Waals surface area contributed by atoms with Gasteiger partial charge >= 0.3 is 5.97 Å². The van der Waals surface area contributed by atoms with Crippen LogP contribution in [0.4, 0.5) is 0 Å². The minimum absolute atomic E-state index is 0.120. The Bertz CT molecular complexity index is 385. The largest absolute Gasteiger partial charge is 0.463 e. The zero-order chi connectivity index (χ0) is 18.6. The molecule has 0 aliphatic rings. The molecule has 0 aromatic heterocycles. The predicted octanol–water partition coefficient (Wildman–Crippen LogP) is 4.47. The number of unbranched alkanes of at least 4 members (excludes halogenated alkanes) is 7. The van der Waals surface area contributed by atoms with Crippen LogP contribution in [0.3, 0.4) is 0 Å². The van der Waals surface area contributed by atoms with Crippen LogP contribution in [0.25, 0.3) is 0 Å². The quantitative estimate of drug-likeness (QED) is 0.244. The summed E-state index contributed by atoms with van der Waals surface area (Å²) in [7, 11) is 0. The first kappa shape index (κ1) is 23.6. The normalized spacial score (nSPS) is 13.2. The van der Waals surface area contributed by atoms with Gasteiger partial charge in [-0.25, -0.2) is 0 Å². The van der Waals surface area contributed by atoms with E-state index in [2.05, 4.69) is 43.4 Å². The minimum atomic E-state index is -0.969. The molecule has 0 spiro atoms. The van der Waals surface area contributed by atoms with Gasteiger partial charge in [0, 0.05) is 6.42 Å². The highest BCUT2D eigenvalue weighted by molar-refractivity contribution is 5.69. The fourth-order valence-corrected chi connectivity index (χ4v) is 2.18. The van der Waals surface area contributed by atoms with Gasteiger partial charge in [-0.2, -0.15) is 0 Å². The summed E-state index contributed by atoms with van der Waals surface area (Å²) in [5.41, 5.74) is 0. The van der Waals surface area contributed by atoms with E-state index in [0.717, 1.165) is 32.1 Å². The van der Waals surface area contributed by atoms with Crippen LogP contribution in [0.2, 0.25) is 0 Å². The molecule has 4 nitrogen and oxygen atoms in total. The lowest BCUT2D eigenvalue weighted by atomic mass is 10.1. The van der Waals surface area contributed by atoms with Crippen LogP contribution in [0.15, 0.2) is 36.5 Å². The topological polar surface area (TPSA) is 66.8 Å². The van der Waals surface area contributed by atoms with E-state index in [4.69, 9.17) is 14.9 Å². The maximum atomic E-state index is 11.4. The van der Waals surface area contributed by atoms with Gasteiger partial charge in [0.2, 0.25) is 0 Å². The summed E-state index contributed by atoms with van der Waals surface area (Å²) in [5, 5.41) is 17.7. The van der Waals surface area contributed by atoms with E-state index >= 15 is 0 Å². The molecule has 0 aliphatic heterocycles. The SMILES string of the molecule is CCCC/C=C/C=C\C=C\CCCCCCCC(=O)OCC(O)CO. The first-order valence-electron chi connectivity index (χ1n) is 9.63. The van der Waals surface area contributed by atoms with Crippen molar-refractivity contribution in [2.75, 3.05) is 13.2 Å². The summed E-state index contributed by atoms with van der Waals surface area (Å²) in [5.74, 6) is -0.300. The third-order valence-electron chi connectivity index (χ3n) is 3.73. The van der Waals surface area contributed by atoms with Crippen molar-refractivity contribution in [2.45, 2.75) is 77.2 Å². The highest BCUT2D eigenvalue weighted by Gasteiger charge is 2.07. The van der Waals surface area contributed by atoms with Gasteiger partial charge in [0.1, 0.15) is 12.7 Å². The van der Waals surface area contributed by atoms with Crippen LogP contribution in [0.5, 0.6) is 0 Å². The molecule has 0 heterocycles. The molecular formula is C21H36O4. The molecule has 0 fully saturated rings. The van der Waals surface area contributed by atoms with Crippen LogP contribution in [0, 0.1) is 0 Å². The average Bonchev–Trinajstić information content (AvgIpc) is 2.62. The minimum Gasteiger partial charge on any atom is -0.463 e. The highest BCUT2D eigenvalue weighted by Crippen LogP contribution is 2.08. The van der Waals surface area contributed by atoms with E-state index in [9.17, 15) is 4.79 Å². The van der Waals surface area contributed by atoms with Crippen LogP contribution in [-0.4, -0.2) is 35.5 Å². The lowest BCUT2D eigenvalue weighted by molar-refractivity contribution is -0.147. The van der Waals surface area contributed by atoms with Gasteiger partial charge in [0.15, 0.2) is 0 Å². The zero-order valence-corrected chi connectivity index (χ0v) is 15.7. The summed E-state index contributed by atoms with van der Waals surface area (Å²) in [6.45, 7) is 1.70. The van der Waals surface area contributed by atoms with Gasteiger partial charge in [0.25, 0.3) is 0 Å². The first-order chi connectivity index (χ1) is 12.2. The summed E-state index contributed by atoms with van der Waals surface area (Å²) in [4.78, 5) is 11.4. The second-order valence-corrected chi connectivity index (χ2v) is 6.21. The Labute approximate surface area is 153 Å². The Hall–Kier alpha value is -1.39. The van der Waals surface area contributed by atoms with Gasteiger partial charge in [-0.3, -0.25) is 4.79 Å². The van der Waals surface area contributed by atoms with E-state index < -0.39 is 6.10 Å². The fourth-order valence-electron chi connectivity index (χ4n) is 2.18. The number of ether oxygens (including phenoxy) is 1. The van der Waals surface area contributed by atoms with E-state index in [0.29, 0.717) is 6.42 Å². The van der Waals surface area contributed by atoms with Gasteiger partial charge in [-0.15, -0.1) is 0 Å². The van der Waals surface area contributed by atoms with Crippen molar-refractivity contribution in [2.24, 2.45) is 0 Å².